The van der Waals surface area contributed by atoms with E-state index in [4.69, 9.17) is 0 Å². The van der Waals surface area contributed by atoms with Crippen LogP contribution < -0.4 is 0 Å². The van der Waals surface area contributed by atoms with Gasteiger partial charge in [-0.3, -0.25) is 9.69 Å². The third-order valence-corrected chi connectivity index (χ3v) is 7.26. The number of fused-ring (bicyclic) bond motifs is 1. The number of carbonyl (C=O) groups is 1. The summed E-state index contributed by atoms with van der Waals surface area (Å²) in [5.74, 6) is 0.231. The molecule has 156 valence electrons. The van der Waals surface area contributed by atoms with Crippen molar-refractivity contribution < 1.29 is 4.79 Å². The lowest BCUT2D eigenvalue weighted by molar-refractivity contribution is -0.130. The van der Waals surface area contributed by atoms with Gasteiger partial charge in [0.25, 0.3) is 0 Å². The topological polar surface area (TPSA) is 23.6 Å². The maximum absolute atomic E-state index is 12.6. The van der Waals surface area contributed by atoms with Gasteiger partial charge in [0, 0.05) is 32.2 Å². The van der Waals surface area contributed by atoms with E-state index in [1.165, 1.54) is 67.5 Å². The molecular weight excluding hydrogens is 368 g/mol. The fourth-order valence-electron chi connectivity index (χ4n) is 5.10. The molecular formula is C27H32N2O. The SMILES string of the molecule is O=C(Cc1ccccc1)N1CC=C(c2ccc3c(c2)CCN(C2CCC2)CC3)CC1. The van der Waals surface area contributed by atoms with E-state index in [1.54, 1.807) is 0 Å². The molecule has 0 aromatic heterocycles. The highest BCUT2D eigenvalue weighted by Crippen LogP contribution is 2.30. The summed E-state index contributed by atoms with van der Waals surface area (Å²) < 4.78 is 0. The van der Waals surface area contributed by atoms with Crippen LogP contribution in [-0.4, -0.2) is 47.9 Å². The van der Waals surface area contributed by atoms with Crippen molar-refractivity contribution in [2.24, 2.45) is 0 Å². The monoisotopic (exact) mass is 400 g/mol. The molecule has 2 aromatic carbocycles. The Morgan fingerprint density at radius 1 is 0.900 bits per heavy atom. The van der Waals surface area contributed by atoms with Gasteiger partial charge in [-0.2, -0.15) is 0 Å². The van der Waals surface area contributed by atoms with Gasteiger partial charge < -0.3 is 4.90 Å². The van der Waals surface area contributed by atoms with Crippen LogP contribution in [-0.2, 0) is 24.1 Å². The van der Waals surface area contributed by atoms with Crippen LogP contribution in [0.3, 0.4) is 0 Å². The lowest BCUT2D eigenvalue weighted by Crippen LogP contribution is -2.41. The normalized spacial score (nSPS) is 20.1. The number of carbonyl (C=O) groups excluding carboxylic acids is 1. The van der Waals surface area contributed by atoms with Crippen molar-refractivity contribution in [3.05, 3.63) is 76.9 Å². The fraction of sp³-hybridized carbons (Fsp3) is 0.444. The van der Waals surface area contributed by atoms with Crippen LogP contribution in [0.2, 0.25) is 0 Å². The summed E-state index contributed by atoms with van der Waals surface area (Å²) in [4.78, 5) is 17.4. The van der Waals surface area contributed by atoms with E-state index in [1.807, 2.05) is 35.2 Å². The Hall–Kier alpha value is -2.39. The van der Waals surface area contributed by atoms with Gasteiger partial charge in [-0.1, -0.05) is 61.0 Å². The lowest BCUT2D eigenvalue weighted by atomic mass is 9.91. The van der Waals surface area contributed by atoms with Crippen molar-refractivity contribution in [1.82, 2.24) is 9.80 Å². The molecule has 0 unspecified atom stereocenters. The van der Waals surface area contributed by atoms with E-state index < -0.39 is 0 Å². The predicted octanol–water partition coefficient (Wildman–Crippen LogP) is 4.50. The Balaban J connectivity index is 1.23. The van der Waals surface area contributed by atoms with Gasteiger partial charge in [-0.05, 0) is 59.9 Å². The number of rotatable bonds is 4. The van der Waals surface area contributed by atoms with E-state index in [0.717, 1.165) is 31.1 Å². The van der Waals surface area contributed by atoms with E-state index >= 15 is 0 Å². The molecule has 1 amide bonds. The number of hydrogen-bond acceptors (Lipinski definition) is 2. The molecule has 0 atom stereocenters. The minimum absolute atomic E-state index is 0.231. The molecule has 1 aliphatic carbocycles. The minimum Gasteiger partial charge on any atom is -0.338 e. The van der Waals surface area contributed by atoms with Crippen LogP contribution in [0.15, 0.2) is 54.6 Å². The molecule has 2 aliphatic heterocycles. The summed E-state index contributed by atoms with van der Waals surface area (Å²) in [6, 6.07) is 18.0. The molecule has 3 aliphatic rings. The van der Waals surface area contributed by atoms with Crippen LogP contribution in [0.1, 0.15) is 47.9 Å². The molecule has 3 heteroatoms. The molecule has 2 aromatic rings. The summed E-state index contributed by atoms with van der Waals surface area (Å²) in [7, 11) is 0. The smallest absolute Gasteiger partial charge is 0.227 e. The molecule has 0 saturated heterocycles. The molecule has 2 heterocycles. The third-order valence-electron chi connectivity index (χ3n) is 7.26. The first-order valence-electron chi connectivity index (χ1n) is 11.6. The number of benzene rings is 2. The van der Waals surface area contributed by atoms with Gasteiger partial charge in [0.15, 0.2) is 0 Å². The van der Waals surface area contributed by atoms with E-state index in [0.29, 0.717) is 6.42 Å². The van der Waals surface area contributed by atoms with Crippen molar-refractivity contribution in [2.45, 2.75) is 51.0 Å². The Bertz CT molecular complexity index is 929. The maximum atomic E-state index is 12.6. The summed E-state index contributed by atoms with van der Waals surface area (Å²) >= 11 is 0. The summed E-state index contributed by atoms with van der Waals surface area (Å²) in [6.07, 6.45) is 10.3. The van der Waals surface area contributed by atoms with Crippen molar-refractivity contribution in [1.29, 1.82) is 0 Å². The molecule has 3 nitrogen and oxygen atoms in total. The minimum atomic E-state index is 0.231. The molecule has 0 spiro atoms. The van der Waals surface area contributed by atoms with Crippen LogP contribution >= 0.6 is 0 Å². The number of hydrogen-bond donors (Lipinski definition) is 0. The largest absolute Gasteiger partial charge is 0.338 e. The molecule has 5 rings (SSSR count). The molecule has 1 fully saturated rings. The van der Waals surface area contributed by atoms with Gasteiger partial charge in [0.05, 0.1) is 6.42 Å². The number of amides is 1. The van der Waals surface area contributed by atoms with E-state index in [9.17, 15) is 4.79 Å². The van der Waals surface area contributed by atoms with Gasteiger partial charge >= 0.3 is 0 Å². The third kappa shape index (κ3) is 4.22. The zero-order valence-corrected chi connectivity index (χ0v) is 17.9. The Labute approximate surface area is 180 Å². The van der Waals surface area contributed by atoms with Crippen molar-refractivity contribution >= 4 is 11.5 Å². The van der Waals surface area contributed by atoms with Crippen LogP contribution in [0.25, 0.3) is 5.57 Å². The highest BCUT2D eigenvalue weighted by molar-refractivity contribution is 5.80. The molecule has 1 saturated carbocycles. The van der Waals surface area contributed by atoms with Gasteiger partial charge in [0.1, 0.15) is 0 Å². The first-order chi connectivity index (χ1) is 14.8. The van der Waals surface area contributed by atoms with Crippen LogP contribution in [0, 0.1) is 0 Å². The molecule has 0 N–H and O–H groups in total. The highest BCUT2D eigenvalue weighted by Gasteiger charge is 2.26. The highest BCUT2D eigenvalue weighted by atomic mass is 16.2. The van der Waals surface area contributed by atoms with Crippen molar-refractivity contribution in [3.63, 3.8) is 0 Å². The summed E-state index contributed by atoms with van der Waals surface area (Å²) in [5.41, 5.74) is 6.94. The summed E-state index contributed by atoms with van der Waals surface area (Å²) in [5, 5.41) is 0. The van der Waals surface area contributed by atoms with E-state index in [-0.39, 0.29) is 5.91 Å². The molecule has 0 bridgehead atoms. The lowest BCUT2D eigenvalue weighted by Gasteiger charge is -2.36. The second kappa shape index (κ2) is 8.77. The predicted molar refractivity (Wildman–Crippen MR) is 122 cm³/mol. The zero-order valence-electron chi connectivity index (χ0n) is 17.9. The second-order valence-electron chi connectivity index (χ2n) is 9.09. The Morgan fingerprint density at radius 2 is 1.70 bits per heavy atom. The second-order valence-corrected chi connectivity index (χ2v) is 9.09. The average molecular weight is 401 g/mol. The van der Waals surface area contributed by atoms with Gasteiger partial charge in [-0.25, -0.2) is 0 Å². The fourth-order valence-corrected chi connectivity index (χ4v) is 5.10. The van der Waals surface area contributed by atoms with Crippen LogP contribution in [0.4, 0.5) is 0 Å². The zero-order chi connectivity index (χ0) is 20.3. The quantitative estimate of drug-likeness (QED) is 0.755. The molecule has 30 heavy (non-hydrogen) atoms. The van der Waals surface area contributed by atoms with Gasteiger partial charge in [0.2, 0.25) is 5.91 Å². The average Bonchev–Trinajstić information content (AvgIpc) is 2.96. The van der Waals surface area contributed by atoms with E-state index in [2.05, 4.69) is 29.2 Å². The first-order valence-corrected chi connectivity index (χ1v) is 11.6. The van der Waals surface area contributed by atoms with Crippen LogP contribution in [0.5, 0.6) is 0 Å². The Morgan fingerprint density at radius 3 is 2.40 bits per heavy atom. The summed E-state index contributed by atoms with van der Waals surface area (Å²) in [6.45, 7) is 3.98. The number of nitrogens with zero attached hydrogens (tertiary/aromatic N) is 2. The van der Waals surface area contributed by atoms with Crippen molar-refractivity contribution in [2.75, 3.05) is 26.2 Å². The first kappa shape index (κ1) is 19.6. The maximum Gasteiger partial charge on any atom is 0.227 e. The van der Waals surface area contributed by atoms with Crippen molar-refractivity contribution in [3.8, 4) is 0 Å². The van der Waals surface area contributed by atoms with Gasteiger partial charge in [-0.15, -0.1) is 0 Å². The standard InChI is InChI=1S/C27H32N2O/c30-27(19-21-5-2-1-3-6-21)29-17-12-23(13-18-29)24-10-9-22-11-15-28(26-7-4-8-26)16-14-25(22)20-24/h1-3,5-6,9-10,12,20,26H,4,7-8,11,13-19H2. The molecule has 0 radical (unpaired) electrons. The Kier molecular flexibility index (Phi) is 5.72.